The minimum Gasteiger partial charge on any atom is -0.352 e. The molecule has 1 heterocycles. The topological polar surface area (TPSA) is 64.7 Å². The normalized spacial score (nSPS) is 18.4. The lowest BCUT2D eigenvalue weighted by Crippen LogP contribution is -2.52. The van der Waals surface area contributed by atoms with Crippen molar-refractivity contribution in [1.82, 2.24) is 15.1 Å². The van der Waals surface area contributed by atoms with Crippen molar-refractivity contribution in [3.63, 3.8) is 0 Å². The summed E-state index contributed by atoms with van der Waals surface area (Å²) in [5.41, 5.74) is 4.08. The molecule has 2 amide bonds. The Hall–Kier alpha value is -2.70. The van der Waals surface area contributed by atoms with Crippen molar-refractivity contribution >= 4 is 17.5 Å². The number of amides is 2. The van der Waals surface area contributed by atoms with E-state index in [0.717, 1.165) is 61.4 Å². The van der Waals surface area contributed by atoms with Gasteiger partial charge in [0.25, 0.3) is 0 Å². The number of benzene rings is 2. The van der Waals surface area contributed by atoms with E-state index in [4.69, 9.17) is 0 Å². The highest BCUT2D eigenvalue weighted by atomic mass is 16.2. The van der Waals surface area contributed by atoms with Crippen molar-refractivity contribution in [2.24, 2.45) is 0 Å². The van der Waals surface area contributed by atoms with Gasteiger partial charge in [0.2, 0.25) is 11.8 Å². The Labute approximate surface area is 184 Å². The molecule has 0 aromatic heterocycles. The second-order valence-electron chi connectivity index (χ2n) is 8.83. The first-order valence-corrected chi connectivity index (χ1v) is 11.2. The van der Waals surface area contributed by atoms with Crippen molar-refractivity contribution in [2.75, 3.05) is 38.0 Å². The third-order valence-electron chi connectivity index (χ3n) is 5.93. The van der Waals surface area contributed by atoms with Crippen LogP contribution in [0.25, 0.3) is 0 Å². The molecule has 0 radical (unpaired) electrons. The standard InChI is InChI=1S/C25H32N4O2/c1-18-14-19(2)16-22(15-18)27-25(31)24(20-6-4-3-5-7-20)29-12-10-28(11-13-29)17-23(30)26-21-8-9-21/h3-7,14-16,21,24H,8-13,17H2,1-2H3,(H,26,30)(H,27,31)/t24-/m0/s1. The highest BCUT2D eigenvalue weighted by Crippen LogP contribution is 2.25. The van der Waals surface area contributed by atoms with Gasteiger partial charge < -0.3 is 10.6 Å². The first kappa shape index (κ1) is 21.5. The van der Waals surface area contributed by atoms with E-state index < -0.39 is 0 Å². The van der Waals surface area contributed by atoms with Crippen LogP contribution in [0.4, 0.5) is 5.69 Å². The van der Waals surface area contributed by atoms with Crippen LogP contribution in [-0.4, -0.2) is 60.4 Å². The van der Waals surface area contributed by atoms with Crippen molar-refractivity contribution in [1.29, 1.82) is 0 Å². The van der Waals surface area contributed by atoms with Crippen LogP contribution in [0.3, 0.4) is 0 Å². The van der Waals surface area contributed by atoms with Crippen LogP contribution in [0.15, 0.2) is 48.5 Å². The van der Waals surface area contributed by atoms with Gasteiger partial charge in [0.15, 0.2) is 0 Å². The summed E-state index contributed by atoms with van der Waals surface area (Å²) in [6, 6.07) is 16.1. The Balaban J connectivity index is 1.43. The summed E-state index contributed by atoms with van der Waals surface area (Å²) in [5.74, 6) is 0.0965. The third-order valence-corrected chi connectivity index (χ3v) is 5.93. The maximum Gasteiger partial charge on any atom is 0.246 e. The van der Waals surface area contributed by atoms with Crippen LogP contribution < -0.4 is 10.6 Å². The molecule has 2 aromatic carbocycles. The highest BCUT2D eigenvalue weighted by molar-refractivity contribution is 5.95. The molecular formula is C25H32N4O2. The fraction of sp³-hybridized carbons (Fsp3) is 0.440. The highest BCUT2D eigenvalue weighted by Gasteiger charge is 2.31. The van der Waals surface area contributed by atoms with E-state index in [1.165, 1.54) is 0 Å². The number of rotatable bonds is 7. The molecule has 2 N–H and O–H groups in total. The van der Waals surface area contributed by atoms with Gasteiger partial charge in [-0.2, -0.15) is 0 Å². The summed E-state index contributed by atoms with van der Waals surface area (Å²) in [6.45, 7) is 7.56. The monoisotopic (exact) mass is 420 g/mol. The number of piperazine rings is 1. The summed E-state index contributed by atoms with van der Waals surface area (Å²) in [4.78, 5) is 29.9. The SMILES string of the molecule is Cc1cc(C)cc(NC(=O)[C@H](c2ccccc2)N2CCN(CC(=O)NC3CC3)CC2)c1. The van der Waals surface area contributed by atoms with Crippen molar-refractivity contribution < 1.29 is 9.59 Å². The van der Waals surface area contributed by atoms with E-state index in [1.807, 2.05) is 56.3 Å². The minimum absolute atomic E-state index is 0.0175. The lowest BCUT2D eigenvalue weighted by Gasteiger charge is -2.38. The molecule has 1 aliphatic heterocycles. The predicted molar refractivity (Wildman–Crippen MR) is 123 cm³/mol. The van der Waals surface area contributed by atoms with Crippen LogP contribution in [0.2, 0.25) is 0 Å². The van der Waals surface area contributed by atoms with Gasteiger partial charge in [-0.25, -0.2) is 0 Å². The van der Waals surface area contributed by atoms with Crippen LogP contribution >= 0.6 is 0 Å². The Morgan fingerprint density at radius 1 is 0.968 bits per heavy atom. The molecule has 164 valence electrons. The lowest BCUT2D eigenvalue weighted by molar-refractivity contribution is -0.125. The average molecular weight is 421 g/mol. The zero-order valence-electron chi connectivity index (χ0n) is 18.4. The Morgan fingerprint density at radius 3 is 2.23 bits per heavy atom. The van der Waals surface area contributed by atoms with E-state index in [9.17, 15) is 9.59 Å². The second-order valence-corrected chi connectivity index (χ2v) is 8.83. The Kier molecular flexibility index (Phi) is 6.68. The lowest BCUT2D eigenvalue weighted by atomic mass is 10.0. The molecule has 2 aliphatic rings. The smallest absolute Gasteiger partial charge is 0.246 e. The van der Waals surface area contributed by atoms with Crippen LogP contribution in [0.5, 0.6) is 0 Å². The average Bonchev–Trinajstić information content (AvgIpc) is 3.53. The van der Waals surface area contributed by atoms with E-state index in [2.05, 4.69) is 26.5 Å². The minimum atomic E-state index is -0.357. The molecule has 31 heavy (non-hydrogen) atoms. The van der Waals surface area contributed by atoms with Gasteiger partial charge in [0.1, 0.15) is 6.04 Å². The molecule has 1 aliphatic carbocycles. The van der Waals surface area contributed by atoms with Crippen LogP contribution in [0.1, 0.15) is 35.6 Å². The molecule has 2 fully saturated rings. The van der Waals surface area contributed by atoms with Gasteiger partial charge in [-0.05, 0) is 55.5 Å². The van der Waals surface area contributed by atoms with E-state index in [1.54, 1.807) is 0 Å². The van der Waals surface area contributed by atoms with Crippen LogP contribution in [0, 0.1) is 13.8 Å². The zero-order valence-corrected chi connectivity index (χ0v) is 18.4. The van der Waals surface area contributed by atoms with E-state index >= 15 is 0 Å². The molecule has 0 bridgehead atoms. The molecule has 6 nitrogen and oxygen atoms in total. The van der Waals surface area contributed by atoms with E-state index in [-0.39, 0.29) is 17.9 Å². The van der Waals surface area contributed by atoms with Crippen molar-refractivity contribution in [3.8, 4) is 0 Å². The molecule has 1 saturated heterocycles. The molecule has 0 spiro atoms. The molecule has 1 saturated carbocycles. The van der Waals surface area contributed by atoms with Gasteiger partial charge in [-0.3, -0.25) is 19.4 Å². The molecule has 0 unspecified atom stereocenters. The number of hydrogen-bond donors (Lipinski definition) is 2. The van der Waals surface area contributed by atoms with Crippen molar-refractivity contribution in [3.05, 3.63) is 65.2 Å². The van der Waals surface area contributed by atoms with Gasteiger partial charge in [0.05, 0.1) is 6.54 Å². The van der Waals surface area contributed by atoms with E-state index in [0.29, 0.717) is 12.6 Å². The molecule has 2 aromatic rings. The number of aryl methyl sites for hydroxylation is 2. The number of carbonyl (C=O) groups is 2. The van der Waals surface area contributed by atoms with Crippen molar-refractivity contribution in [2.45, 2.75) is 38.8 Å². The second kappa shape index (κ2) is 9.62. The summed E-state index contributed by atoms with van der Waals surface area (Å²) in [5, 5.41) is 6.19. The molecule has 6 heteroatoms. The predicted octanol–water partition coefficient (Wildman–Crippen LogP) is 2.88. The van der Waals surface area contributed by atoms with Gasteiger partial charge >= 0.3 is 0 Å². The fourth-order valence-electron chi connectivity index (χ4n) is 4.30. The number of nitrogens with zero attached hydrogens (tertiary/aromatic N) is 2. The Bertz CT molecular complexity index is 898. The number of anilines is 1. The molecule has 4 rings (SSSR count). The number of hydrogen-bond acceptors (Lipinski definition) is 4. The summed E-state index contributed by atoms with van der Waals surface area (Å²) >= 11 is 0. The zero-order chi connectivity index (χ0) is 21.8. The summed E-state index contributed by atoms with van der Waals surface area (Å²) < 4.78 is 0. The number of nitrogens with one attached hydrogen (secondary N) is 2. The third kappa shape index (κ3) is 5.93. The van der Waals surface area contributed by atoms with Gasteiger partial charge in [-0.1, -0.05) is 36.4 Å². The maximum atomic E-state index is 13.4. The Morgan fingerprint density at radius 2 is 1.61 bits per heavy atom. The molecule has 1 atom stereocenters. The largest absolute Gasteiger partial charge is 0.352 e. The quantitative estimate of drug-likeness (QED) is 0.723. The first-order chi connectivity index (χ1) is 15.0. The number of carbonyl (C=O) groups excluding carboxylic acids is 2. The summed E-state index contributed by atoms with van der Waals surface area (Å²) in [7, 11) is 0. The first-order valence-electron chi connectivity index (χ1n) is 11.2. The van der Waals surface area contributed by atoms with Crippen LogP contribution in [-0.2, 0) is 9.59 Å². The van der Waals surface area contributed by atoms with Gasteiger partial charge in [0, 0.05) is 37.9 Å². The fourth-order valence-corrected chi connectivity index (χ4v) is 4.30. The molecular weight excluding hydrogens is 388 g/mol. The maximum absolute atomic E-state index is 13.4. The van der Waals surface area contributed by atoms with Gasteiger partial charge in [-0.15, -0.1) is 0 Å². The summed E-state index contributed by atoms with van der Waals surface area (Å²) in [6.07, 6.45) is 2.21.